The number of nitrogens with one attached hydrogen (secondary N) is 2. The highest BCUT2D eigenvalue weighted by atomic mass is 16.5. The Kier molecular flexibility index (Phi) is 4.90. The van der Waals surface area contributed by atoms with Crippen LogP contribution >= 0.6 is 0 Å². The maximum Gasteiger partial charge on any atom is 0.329 e. The molecule has 8 heteroatoms. The van der Waals surface area contributed by atoms with Gasteiger partial charge in [0, 0.05) is 39.0 Å². The smallest absolute Gasteiger partial charge is 0.329 e. The second-order valence-electron chi connectivity index (χ2n) is 4.10. The maximum absolute atomic E-state index is 11.5. The third-order valence-corrected chi connectivity index (χ3v) is 2.77. The van der Waals surface area contributed by atoms with Gasteiger partial charge in [-0.1, -0.05) is 0 Å². The molecule has 0 saturated carbocycles. The van der Waals surface area contributed by atoms with Gasteiger partial charge in [-0.15, -0.1) is 0 Å². The second kappa shape index (κ2) is 6.20. The third-order valence-electron chi connectivity index (χ3n) is 2.77. The van der Waals surface area contributed by atoms with E-state index in [1.807, 2.05) is 0 Å². The number of primary amides is 1. The highest BCUT2D eigenvalue weighted by molar-refractivity contribution is 5.86. The molecule has 0 spiro atoms. The first-order valence-corrected chi connectivity index (χ1v) is 5.62. The minimum Gasteiger partial charge on any atom is -0.480 e. The maximum atomic E-state index is 11.5. The minimum absolute atomic E-state index is 0.0105. The van der Waals surface area contributed by atoms with Crippen molar-refractivity contribution in [1.82, 2.24) is 10.6 Å². The predicted octanol–water partition coefficient (Wildman–Crippen LogP) is -1.21. The van der Waals surface area contributed by atoms with Gasteiger partial charge in [0.25, 0.3) is 0 Å². The van der Waals surface area contributed by atoms with Gasteiger partial charge in [-0.05, 0) is 0 Å². The van der Waals surface area contributed by atoms with Gasteiger partial charge in [-0.3, -0.25) is 4.79 Å². The molecular formula is C10H17N3O5. The Morgan fingerprint density at radius 3 is 2.39 bits per heavy atom. The van der Waals surface area contributed by atoms with E-state index in [4.69, 9.17) is 10.5 Å². The number of rotatable bonds is 5. The molecule has 1 aliphatic rings. The van der Waals surface area contributed by atoms with Crippen molar-refractivity contribution >= 4 is 17.9 Å². The van der Waals surface area contributed by atoms with E-state index in [-0.39, 0.29) is 39.0 Å². The summed E-state index contributed by atoms with van der Waals surface area (Å²) < 4.78 is 5.07. The minimum atomic E-state index is -1.30. The van der Waals surface area contributed by atoms with Gasteiger partial charge < -0.3 is 26.2 Å². The van der Waals surface area contributed by atoms with Crippen LogP contribution in [0.2, 0.25) is 0 Å². The van der Waals surface area contributed by atoms with Gasteiger partial charge in [-0.25, -0.2) is 9.59 Å². The first kappa shape index (κ1) is 14.2. The Bertz CT molecular complexity index is 338. The fourth-order valence-electron chi connectivity index (χ4n) is 1.67. The van der Waals surface area contributed by atoms with Crippen molar-refractivity contribution in [3.63, 3.8) is 0 Å². The lowest BCUT2D eigenvalue weighted by atomic mass is 9.90. The van der Waals surface area contributed by atoms with E-state index in [2.05, 4.69) is 10.6 Å². The van der Waals surface area contributed by atoms with Gasteiger partial charge in [-0.2, -0.15) is 0 Å². The molecule has 8 nitrogen and oxygen atoms in total. The molecule has 0 unspecified atom stereocenters. The summed E-state index contributed by atoms with van der Waals surface area (Å²) >= 11 is 0. The van der Waals surface area contributed by atoms with Crippen molar-refractivity contribution in [1.29, 1.82) is 0 Å². The van der Waals surface area contributed by atoms with Crippen LogP contribution in [-0.4, -0.2) is 48.3 Å². The highest BCUT2D eigenvalue weighted by Gasteiger charge is 2.41. The van der Waals surface area contributed by atoms with E-state index >= 15 is 0 Å². The van der Waals surface area contributed by atoms with E-state index in [9.17, 15) is 19.5 Å². The van der Waals surface area contributed by atoms with E-state index < -0.39 is 23.4 Å². The fourth-order valence-corrected chi connectivity index (χ4v) is 1.67. The lowest BCUT2D eigenvalue weighted by molar-refractivity contribution is -0.148. The lowest BCUT2D eigenvalue weighted by Crippen LogP contribution is -2.59. The van der Waals surface area contributed by atoms with Gasteiger partial charge in [0.1, 0.15) is 5.54 Å². The molecular weight excluding hydrogens is 242 g/mol. The van der Waals surface area contributed by atoms with Crippen LogP contribution in [0.1, 0.15) is 19.3 Å². The topological polar surface area (TPSA) is 131 Å². The molecule has 1 rings (SSSR count). The highest BCUT2D eigenvalue weighted by Crippen LogP contribution is 2.20. The lowest BCUT2D eigenvalue weighted by Gasteiger charge is -2.33. The third kappa shape index (κ3) is 3.88. The predicted molar refractivity (Wildman–Crippen MR) is 60.8 cm³/mol. The standard InChI is InChI=1S/C10H17N3O5/c11-7(14)1-4-12-9(17)13-10(8(15)16)2-5-18-6-3-10/h1-6H2,(H2,11,14)(H,15,16)(H2,12,13,17). The van der Waals surface area contributed by atoms with Gasteiger partial charge >= 0.3 is 12.0 Å². The van der Waals surface area contributed by atoms with Crippen molar-refractivity contribution in [2.45, 2.75) is 24.8 Å². The van der Waals surface area contributed by atoms with Crippen LogP contribution in [0.5, 0.6) is 0 Å². The van der Waals surface area contributed by atoms with Gasteiger partial charge in [0.15, 0.2) is 0 Å². The van der Waals surface area contributed by atoms with Crippen molar-refractivity contribution in [2.75, 3.05) is 19.8 Å². The second-order valence-corrected chi connectivity index (χ2v) is 4.10. The van der Waals surface area contributed by atoms with Crippen molar-refractivity contribution in [2.24, 2.45) is 5.73 Å². The zero-order chi connectivity index (χ0) is 13.6. The average Bonchev–Trinajstić information content (AvgIpc) is 2.29. The largest absolute Gasteiger partial charge is 0.480 e. The van der Waals surface area contributed by atoms with E-state index in [0.717, 1.165) is 0 Å². The summed E-state index contributed by atoms with van der Waals surface area (Å²) in [5.41, 5.74) is 3.62. The number of urea groups is 1. The number of amides is 3. The van der Waals surface area contributed by atoms with Crippen LogP contribution < -0.4 is 16.4 Å². The number of carbonyl (C=O) groups is 3. The molecule has 1 fully saturated rings. The first-order chi connectivity index (χ1) is 8.46. The van der Waals surface area contributed by atoms with E-state index in [0.29, 0.717) is 0 Å². The molecule has 0 aromatic rings. The quantitative estimate of drug-likeness (QED) is 0.492. The van der Waals surface area contributed by atoms with Crippen molar-refractivity contribution < 1.29 is 24.2 Å². The van der Waals surface area contributed by atoms with Crippen LogP contribution in [-0.2, 0) is 14.3 Å². The Labute approximate surface area is 104 Å². The summed E-state index contributed by atoms with van der Waals surface area (Å²) in [4.78, 5) is 33.2. The van der Waals surface area contributed by atoms with Crippen LogP contribution in [0.4, 0.5) is 4.79 Å². The number of nitrogens with two attached hydrogens (primary N) is 1. The molecule has 1 saturated heterocycles. The summed E-state index contributed by atoms with van der Waals surface area (Å²) in [7, 11) is 0. The summed E-state index contributed by atoms with van der Waals surface area (Å²) in [5, 5.41) is 14.0. The Morgan fingerprint density at radius 2 is 1.89 bits per heavy atom. The van der Waals surface area contributed by atoms with Crippen molar-refractivity contribution in [3.8, 4) is 0 Å². The number of aliphatic carboxylic acids is 1. The Morgan fingerprint density at radius 1 is 1.28 bits per heavy atom. The molecule has 0 radical (unpaired) electrons. The van der Waals surface area contributed by atoms with E-state index in [1.165, 1.54) is 0 Å². The number of ether oxygens (including phenoxy) is 1. The average molecular weight is 259 g/mol. The molecule has 0 aliphatic carbocycles. The summed E-state index contributed by atoms with van der Waals surface area (Å²) in [5.74, 6) is -1.62. The van der Waals surface area contributed by atoms with Crippen LogP contribution in [0.25, 0.3) is 0 Å². The molecule has 1 heterocycles. The molecule has 5 N–H and O–H groups in total. The molecule has 18 heavy (non-hydrogen) atoms. The summed E-state index contributed by atoms with van der Waals surface area (Å²) in [6.45, 7) is 0.648. The normalized spacial score (nSPS) is 17.8. The monoisotopic (exact) mass is 259 g/mol. The zero-order valence-corrected chi connectivity index (χ0v) is 9.90. The van der Waals surface area contributed by atoms with Crippen LogP contribution in [0.3, 0.4) is 0 Å². The molecule has 0 bridgehead atoms. The number of carboxylic acid groups (broad SMARTS) is 1. The first-order valence-electron chi connectivity index (χ1n) is 5.62. The number of carbonyl (C=O) groups excluding carboxylic acids is 2. The van der Waals surface area contributed by atoms with Crippen LogP contribution in [0.15, 0.2) is 0 Å². The van der Waals surface area contributed by atoms with E-state index in [1.54, 1.807) is 0 Å². The molecule has 1 aliphatic heterocycles. The molecule has 102 valence electrons. The van der Waals surface area contributed by atoms with Gasteiger partial charge in [0.2, 0.25) is 5.91 Å². The van der Waals surface area contributed by atoms with Gasteiger partial charge in [0.05, 0.1) is 0 Å². The number of carboxylic acids is 1. The SMILES string of the molecule is NC(=O)CCNC(=O)NC1(C(=O)O)CCOCC1. The van der Waals surface area contributed by atoms with Crippen LogP contribution in [0, 0.1) is 0 Å². The number of hydrogen-bond donors (Lipinski definition) is 4. The van der Waals surface area contributed by atoms with Crippen molar-refractivity contribution in [3.05, 3.63) is 0 Å². The fraction of sp³-hybridized carbons (Fsp3) is 0.700. The molecule has 0 atom stereocenters. The number of hydrogen-bond acceptors (Lipinski definition) is 4. The zero-order valence-electron chi connectivity index (χ0n) is 9.90. The summed E-state index contributed by atoms with van der Waals surface area (Å²) in [6.07, 6.45) is 0.438. The summed E-state index contributed by atoms with van der Waals surface area (Å²) in [6, 6.07) is -0.624. The molecule has 0 aromatic carbocycles. The molecule has 3 amide bonds. The Balaban J connectivity index is 2.48. The Hall–Kier alpha value is -1.83. The molecule has 0 aromatic heterocycles.